The summed E-state index contributed by atoms with van der Waals surface area (Å²) in [4.78, 5) is 17.0. The normalized spacial score (nSPS) is 29.8. The van der Waals surface area contributed by atoms with Crippen molar-refractivity contribution in [3.63, 3.8) is 0 Å². The highest BCUT2D eigenvalue weighted by Crippen LogP contribution is 2.62. The van der Waals surface area contributed by atoms with Crippen molar-refractivity contribution in [2.75, 3.05) is 38.7 Å². The minimum atomic E-state index is -5.60. The first kappa shape index (κ1) is 36.0. The van der Waals surface area contributed by atoms with E-state index in [0.717, 1.165) is 62.6 Å². The topological polar surface area (TPSA) is 82.4 Å². The van der Waals surface area contributed by atoms with Gasteiger partial charge in [-0.05, 0) is 125 Å². The number of alkyl halides is 5. The summed E-state index contributed by atoms with van der Waals surface area (Å²) in [6, 6.07) is 6.40. The number of fused-ring (bicyclic) bond motifs is 5. The molecule has 0 bridgehead atoms. The summed E-state index contributed by atoms with van der Waals surface area (Å²) in [5.74, 6) is -3.14. The van der Waals surface area contributed by atoms with Crippen LogP contribution in [0.5, 0.6) is 5.75 Å². The number of carbonyl (C=O) groups excluding carboxylic acids is 1. The lowest BCUT2D eigenvalue weighted by molar-refractivity contribution is -0.284. The Morgan fingerprint density at radius 1 is 1.11 bits per heavy atom. The first-order valence-corrected chi connectivity index (χ1v) is 18.4. The molecule has 47 heavy (non-hydrogen) atoms. The van der Waals surface area contributed by atoms with Crippen LogP contribution >= 0.6 is 0 Å². The predicted molar refractivity (Wildman–Crippen MR) is 171 cm³/mol. The van der Waals surface area contributed by atoms with Crippen molar-refractivity contribution in [1.29, 1.82) is 0 Å². The number of nitrogens with zero attached hydrogens (tertiary/aromatic N) is 3. The molecule has 2 saturated carbocycles. The predicted octanol–water partition coefficient (Wildman–Crippen LogP) is 7.63. The maximum Gasteiger partial charge on any atom is 0.453 e. The molecule has 3 aliphatic carbocycles. The van der Waals surface area contributed by atoms with Crippen LogP contribution in [0, 0.1) is 23.2 Å². The van der Waals surface area contributed by atoms with E-state index in [1.54, 1.807) is 4.90 Å². The van der Waals surface area contributed by atoms with Gasteiger partial charge in [0.05, 0.1) is 5.71 Å². The third-order valence-electron chi connectivity index (χ3n) is 11.6. The highest BCUT2D eigenvalue weighted by molar-refractivity contribution is 7.84. The number of amides is 1. The summed E-state index contributed by atoms with van der Waals surface area (Å²) in [6.45, 7) is 3.48. The second-order valence-corrected chi connectivity index (χ2v) is 16.2. The molecule has 1 aromatic carbocycles. The Morgan fingerprint density at radius 2 is 1.81 bits per heavy atom. The van der Waals surface area contributed by atoms with Gasteiger partial charge in [-0.25, -0.2) is 4.79 Å². The van der Waals surface area contributed by atoms with E-state index in [1.807, 2.05) is 26.2 Å². The van der Waals surface area contributed by atoms with E-state index < -0.39 is 35.7 Å². The van der Waals surface area contributed by atoms with Gasteiger partial charge < -0.3 is 19.7 Å². The number of halogens is 5. The van der Waals surface area contributed by atoms with Crippen molar-refractivity contribution < 1.29 is 40.9 Å². The molecule has 1 heterocycles. The molecule has 1 saturated heterocycles. The fourth-order valence-electron chi connectivity index (χ4n) is 9.00. The number of rotatable bonds is 10. The third kappa shape index (κ3) is 7.65. The Morgan fingerprint density at radius 3 is 2.47 bits per heavy atom. The van der Waals surface area contributed by atoms with Crippen LogP contribution in [0.1, 0.15) is 88.2 Å². The van der Waals surface area contributed by atoms with Crippen LogP contribution in [0.25, 0.3) is 0 Å². The van der Waals surface area contributed by atoms with Crippen molar-refractivity contribution in [2.24, 2.45) is 28.3 Å². The van der Waals surface area contributed by atoms with Crippen LogP contribution in [0.3, 0.4) is 0 Å². The quantitative estimate of drug-likeness (QED) is 0.155. The molecule has 5 rings (SSSR count). The average molecular weight is 690 g/mol. The van der Waals surface area contributed by atoms with Crippen LogP contribution in [0.15, 0.2) is 23.4 Å². The highest BCUT2D eigenvalue weighted by atomic mass is 32.2. The fourth-order valence-corrected chi connectivity index (χ4v) is 10.2. The maximum absolute atomic E-state index is 13.3. The van der Waals surface area contributed by atoms with Crippen molar-refractivity contribution >= 4 is 22.6 Å². The zero-order valence-electron chi connectivity index (χ0n) is 27.5. The van der Waals surface area contributed by atoms with E-state index in [-0.39, 0.29) is 34.8 Å². The Balaban J connectivity index is 1.27. The van der Waals surface area contributed by atoms with Gasteiger partial charge in [-0.15, -0.1) is 0 Å². The summed E-state index contributed by atoms with van der Waals surface area (Å²) < 4.78 is 82.6. The molecule has 1 unspecified atom stereocenters. The van der Waals surface area contributed by atoms with Crippen molar-refractivity contribution in [3.05, 3.63) is 29.3 Å². The van der Waals surface area contributed by atoms with Gasteiger partial charge >= 0.3 is 18.2 Å². The van der Waals surface area contributed by atoms with Crippen molar-refractivity contribution in [1.82, 2.24) is 9.80 Å². The first-order valence-electron chi connectivity index (χ1n) is 16.9. The van der Waals surface area contributed by atoms with Crippen LogP contribution in [-0.4, -0.2) is 87.9 Å². The Labute approximate surface area is 276 Å². The van der Waals surface area contributed by atoms with Gasteiger partial charge in [-0.3, -0.25) is 4.21 Å². The van der Waals surface area contributed by atoms with Gasteiger partial charge in [-0.1, -0.05) is 18.1 Å². The van der Waals surface area contributed by atoms with Gasteiger partial charge in [0.15, 0.2) is 0 Å². The Hall–Kier alpha value is -2.28. The number of hydrogen-bond acceptors (Lipinski definition) is 6. The molecule has 1 N–H and O–H groups in total. The number of benzene rings is 1. The smallest absolute Gasteiger partial charge is 0.411 e. The molecular formula is C34H48F5N3O4S. The van der Waals surface area contributed by atoms with Crippen molar-refractivity contribution in [2.45, 2.75) is 102 Å². The molecule has 13 heteroatoms. The molecule has 264 valence electrons. The number of hydrogen-bond donors (Lipinski definition) is 1. The lowest BCUT2D eigenvalue weighted by Crippen LogP contribution is -2.46. The van der Waals surface area contributed by atoms with E-state index >= 15 is 0 Å². The number of piperidine rings is 1. The van der Waals surface area contributed by atoms with Crippen LogP contribution in [-0.2, 0) is 17.2 Å². The van der Waals surface area contributed by atoms with Crippen LogP contribution in [0.2, 0.25) is 0 Å². The van der Waals surface area contributed by atoms with Gasteiger partial charge in [-0.2, -0.15) is 22.0 Å². The molecule has 4 aliphatic rings. The number of oxime groups is 1. The molecule has 3 fully saturated rings. The summed E-state index contributed by atoms with van der Waals surface area (Å²) in [5, 5.41) is 13.5. The largest absolute Gasteiger partial charge is 0.453 e. The number of ether oxygens (including phenoxy) is 1. The van der Waals surface area contributed by atoms with Crippen molar-refractivity contribution in [3.8, 4) is 5.75 Å². The second-order valence-electron chi connectivity index (χ2n) is 14.5. The van der Waals surface area contributed by atoms with E-state index in [1.165, 1.54) is 5.56 Å². The molecular weight excluding hydrogens is 641 g/mol. The minimum Gasteiger partial charge on any atom is -0.411 e. The second kappa shape index (κ2) is 14.3. The van der Waals surface area contributed by atoms with E-state index in [9.17, 15) is 36.2 Å². The molecule has 6 atom stereocenters. The summed E-state index contributed by atoms with van der Waals surface area (Å²) in [6.07, 6.45) is -0.472. The maximum atomic E-state index is 13.3. The van der Waals surface area contributed by atoms with Crippen LogP contribution < -0.4 is 4.74 Å². The first-order chi connectivity index (χ1) is 22.1. The highest BCUT2D eigenvalue weighted by Gasteiger charge is 2.57. The standard InChI is InChI=1S/C34H48F5N3O4S/c1-32-15-11-27-26-8-7-25(46-31(43)42-16-12-24(13-17-42)41(2)3)21-23(26)20-22(30(27)28(32)9-10-29(32)40-44)6-4-18-47(45)19-5-14-33(35,36)34(37,38)39/h7-8,21-22,24,27-28,30,44H,4-6,9-20H2,1-3H3/b40-29-/t22-,27-,28+,30-,32+,47?/m1/s1. The summed E-state index contributed by atoms with van der Waals surface area (Å²) in [5.41, 5.74) is 3.02. The molecule has 7 nitrogen and oxygen atoms in total. The SMILES string of the molecule is CN(C)C1CCN(C(=O)Oc2ccc3c(c2)C[C@@H](CCCS(=O)CCCC(F)(F)C(F)(F)F)[C@@H]2[C@@H]3CC[C@]3(C)/C(=N\O)CC[C@@H]23)CC1. The fraction of sp³-hybridized carbons (Fsp3) is 0.765. The van der Waals surface area contributed by atoms with Crippen LogP contribution in [0.4, 0.5) is 26.7 Å². The van der Waals surface area contributed by atoms with E-state index in [4.69, 9.17) is 4.74 Å². The van der Waals surface area contributed by atoms with E-state index in [2.05, 4.69) is 23.0 Å². The monoisotopic (exact) mass is 689 g/mol. The van der Waals surface area contributed by atoms with Gasteiger partial charge in [0.2, 0.25) is 0 Å². The molecule has 0 aromatic heterocycles. The number of likely N-dealkylation sites (tertiary alicyclic amines) is 1. The average Bonchev–Trinajstić information content (AvgIpc) is 3.36. The third-order valence-corrected chi connectivity index (χ3v) is 13.1. The molecule has 0 spiro atoms. The molecule has 1 amide bonds. The summed E-state index contributed by atoms with van der Waals surface area (Å²) >= 11 is 0. The lowest BCUT2D eigenvalue weighted by atomic mass is 9.52. The van der Waals surface area contributed by atoms with Gasteiger partial charge in [0, 0.05) is 53.3 Å². The molecule has 0 radical (unpaired) electrons. The van der Waals surface area contributed by atoms with Gasteiger partial charge in [0.25, 0.3) is 0 Å². The Bertz CT molecular complexity index is 1330. The summed E-state index contributed by atoms with van der Waals surface area (Å²) in [7, 11) is 2.60. The van der Waals surface area contributed by atoms with E-state index in [0.29, 0.717) is 43.1 Å². The molecule has 1 aromatic rings. The minimum absolute atomic E-state index is 0.191. The zero-order valence-corrected chi connectivity index (χ0v) is 28.4. The lowest BCUT2D eigenvalue weighted by Gasteiger charge is -2.52. The molecule has 1 aliphatic heterocycles. The number of carbonyl (C=O) groups is 1. The Kier molecular flexibility index (Phi) is 11.0. The van der Waals surface area contributed by atoms with Gasteiger partial charge in [0.1, 0.15) is 5.75 Å². The zero-order chi connectivity index (χ0) is 34.1.